The van der Waals surface area contributed by atoms with Crippen LogP contribution in [0.15, 0.2) is 16.5 Å². The number of furan rings is 1. The molecule has 2 atom stereocenters. The third-order valence-corrected chi connectivity index (χ3v) is 3.01. The van der Waals surface area contributed by atoms with E-state index in [1.165, 1.54) is 12.1 Å². The summed E-state index contributed by atoms with van der Waals surface area (Å²) < 4.78 is 10.4. The molecule has 0 aromatic carbocycles. The van der Waals surface area contributed by atoms with Crippen LogP contribution in [0.1, 0.15) is 40.9 Å². The molecule has 2 rings (SSSR count). The molecule has 17 heavy (non-hydrogen) atoms. The van der Waals surface area contributed by atoms with Crippen LogP contribution in [0.25, 0.3) is 0 Å². The molecule has 1 N–H and O–H groups in total. The van der Waals surface area contributed by atoms with Gasteiger partial charge in [-0.3, -0.25) is 4.79 Å². The second-order valence-corrected chi connectivity index (χ2v) is 4.05. The summed E-state index contributed by atoms with van der Waals surface area (Å²) in [4.78, 5) is 22.7. The Morgan fingerprint density at radius 1 is 1.41 bits per heavy atom. The van der Waals surface area contributed by atoms with Crippen LogP contribution in [-0.2, 0) is 4.74 Å². The fourth-order valence-electron chi connectivity index (χ4n) is 2.12. The number of hydrogen-bond acceptors (Lipinski definition) is 4. The Bertz CT molecular complexity index is 434. The number of carbonyl (C=O) groups excluding carboxylic acids is 1. The highest BCUT2D eigenvalue weighted by Crippen LogP contribution is 2.27. The smallest absolute Gasteiger partial charge is 0.371 e. The van der Waals surface area contributed by atoms with E-state index in [-0.39, 0.29) is 29.3 Å². The van der Waals surface area contributed by atoms with Crippen LogP contribution < -0.4 is 0 Å². The van der Waals surface area contributed by atoms with Gasteiger partial charge in [-0.25, -0.2) is 4.79 Å². The monoisotopic (exact) mass is 238 g/mol. The third kappa shape index (κ3) is 2.24. The van der Waals surface area contributed by atoms with Gasteiger partial charge < -0.3 is 14.3 Å². The van der Waals surface area contributed by atoms with E-state index in [0.717, 1.165) is 6.42 Å². The third-order valence-electron chi connectivity index (χ3n) is 3.01. The topological polar surface area (TPSA) is 76.7 Å². The van der Waals surface area contributed by atoms with Gasteiger partial charge in [0.25, 0.3) is 0 Å². The maximum atomic E-state index is 12.1. The van der Waals surface area contributed by atoms with Crippen LogP contribution >= 0.6 is 0 Å². The molecular weight excluding hydrogens is 224 g/mol. The predicted octanol–water partition coefficient (Wildman–Crippen LogP) is 1.98. The van der Waals surface area contributed by atoms with Gasteiger partial charge in [-0.2, -0.15) is 0 Å². The number of hydrogen-bond donors (Lipinski definition) is 1. The molecule has 2 heterocycles. The Kier molecular flexibility index (Phi) is 3.28. The number of carbonyl (C=O) groups is 2. The molecule has 1 saturated heterocycles. The fraction of sp³-hybridized carbons (Fsp3) is 0.500. The SMILES string of the molecule is CCC1OCCC1C(=O)c1ccc(C(=O)O)o1. The summed E-state index contributed by atoms with van der Waals surface area (Å²) in [5.41, 5.74) is 0. The standard InChI is InChI=1S/C12H14O5/c1-2-8-7(5-6-16-8)11(13)9-3-4-10(17-9)12(14)15/h3-4,7-8H,2,5-6H2,1H3,(H,14,15). The first kappa shape index (κ1) is 11.9. The predicted molar refractivity (Wildman–Crippen MR) is 58.1 cm³/mol. The molecule has 0 amide bonds. The normalized spacial score (nSPS) is 23.8. The molecule has 2 unspecified atom stereocenters. The van der Waals surface area contributed by atoms with Crippen molar-refractivity contribution < 1.29 is 23.8 Å². The number of ketones is 1. The van der Waals surface area contributed by atoms with Crippen molar-refractivity contribution in [3.63, 3.8) is 0 Å². The minimum atomic E-state index is -1.17. The number of carboxylic acid groups (broad SMARTS) is 1. The molecule has 1 aromatic heterocycles. The Hall–Kier alpha value is -1.62. The van der Waals surface area contributed by atoms with Crippen LogP contribution in [0, 0.1) is 5.92 Å². The average molecular weight is 238 g/mol. The van der Waals surface area contributed by atoms with Crippen molar-refractivity contribution in [2.24, 2.45) is 5.92 Å². The molecule has 5 heteroatoms. The minimum Gasteiger partial charge on any atom is -0.475 e. The highest BCUT2D eigenvalue weighted by Gasteiger charge is 2.34. The van der Waals surface area contributed by atoms with Gasteiger partial charge in [-0.15, -0.1) is 0 Å². The first-order valence-corrected chi connectivity index (χ1v) is 5.62. The van der Waals surface area contributed by atoms with Crippen molar-refractivity contribution in [3.05, 3.63) is 23.7 Å². The lowest BCUT2D eigenvalue weighted by atomic mass is 9.93. The average Bonchev–Trinajstić information content (AvgIpc) is 2.96. The van der Waals surface area contributed by atoms with Crippen LogP contribution in [0.4, 0.5) is 0 Å². The second-order valence-electron chi connectivity index (χ2n) is 4.05. The van der Waals surface area contributed by atoms with E-state index in [9.17, 15) is 9.59 Å². The van der Waals surface area contributed by atoms with Crippen LogP contribution in [0.5, 0.6) is 0 Å². The molecule has 0 saturated carbocycles. The Morgan fingerprint density at radius 2 is 2.12 bits per heavy atom. The summed E-state index contributed by atoms with van der Waals surface area (Å²) in [6.45, 7) is 2.53. The number of aromatic carboxylic acids is 1. The summed E-state index contributed by atoms with van der Waals surface area (Å²) in [7, 11) is 0. The molecule has 0 bridgehead atoms. The Morgan fingerprint density at radius 3 is 2.71 bits per heavy atom. The zero-order valence-corrected chi connectivity index (χ0v) is 9.51. The number of carboxylic acids is 1. The molecule has 5 nitrogen and oxygen atoms in total. The van der Waals surface area contributed by atoms with Crippen LogP contribution in [0.3, 0.4) is 0 Å². The number of rotatable bonds is 4. The van der Waals surface area contributed by atoms with Gasteiger partial charge in [0.15, 0.2) is 5.76 Å². The first-order valence-electron chi connectivity index (χ1n) is 5.62. The maximum absolute atomic E-state index is 12.1. The first-order chi connectivity index (χ1) is 8.13. The van der Waals surface area contributed by atoms with Gasteiger partial charge in [0.05, 0.1) is 12.0 Å². The van der Waals surface area contributed by atoms with Gasteiger partial charge in [0.2, 0.25) is 11.5 Å². The Labute approximate surface area is 98.4 Å². The van der Waals surface area contributed by atoms with Gasteiger partial charge in [-0.1, -0.05) is 6.92 Å². The number of Topliss-reactive ketones (excluding diaryl/α,β-unsaturated/α-hetero) is 1. The van der Waals surface area contributed by atoms with Gasteiger partial charge in [-0.05, 0) is 25.0 Å². The van der Waals surface area contributed by atoms with Crippen molar-refractivity contribution in [2.45, 2.75) is 25.9 Å². The molecule has 0 spiro atoms. The molecule has 0 radical (unpaired) electrons. The van der Waals surface area contributed by atoms with Crippen molar-refractivity contribution in [1.29, 1.82) is 0 Å². The van der Waals surface area contributed by atoms with Gasteiger partial charge >= 0.3 is 5.97 Å². The van der Waals surface area contributed by atoms with E-state index >= 15 is 0 Å². The molecule has 0 aliphatic carbocycles. The minimum absolute atomic E-state index is 0.0825. The molecule has 1 fully saturated rings. The largest absolute Gasteiger partial charge is 0.475 e. The highest BCUT2D eigenvalue weighted by molar-refractivity contribution is 5.97. The summed E-state index contributed by atoms with van der Waals surface area (Å²) in [6, 6.07) is 2.71. The van der Waals surface area contributed by atoms with Gasteiger partial charge in [0.1, 0.15) is 0 Å². The van der Waals surface area contributed by atoms with E-state index in [1.807, 2.05) is 6.92 Å². The summed E-state index contributed by atoms with van der Waals surface area (Å²) in [6.07, 6.45) is 1.35. The molecular formula is C12H14O5. The molecule has 1 aliphatic heterocycles. The lowest BCUT2D eigenvalue weighted by molar-refractivity contribution is 0.0642. The van der Waals surface area contributed by atoms with Crippen molar-refractivity contribution in [3.8, 4) is 0 Å². The van der Waals surface area contributed by atoms with Crippen molar-refractivity contribution in [1.82, 2.24) is 0 Å². The molecule has 1 aromatic rings. The van der Waals surface area contributed by atoms with Crippen LogP contribution in [0.2, 0.25) is 0 Å². The van der Waals surface area contributed by atoms with Gasteiger partial charge in [0, 0.05) is 6.61 Å². The van der Waals surface area contributed by atoms with E-state index in [1.54, 1.807) is 0 Å². The number of ether oxygens (including phenoxy) is 1. The fourth-order valence-corrected chi connectivity index (χ4v) is 2.12. The van der Waals surface area contributed by atoms with Crippen molar-refractivity contribution >= 4 is 11.8 Å². The lowest BCUT2D eigenvalue weighted by Crippen LogP contribution is -2.23. The lowest BCUT2D eigenvalue weighted by Gasteiger charge is -2.13. The van der Waals surface area contributed by atoms with Crippen molar-refractivity contribution in [2.75, 3.05) is 6.61 Å². The zero-order chi connectivity index (χ0) is 12.4. The Balaban J connectivity index is 2.16. The summed E-state index contributed by atoms with van der Waals surface area (Å²) in [5.74, 6) is -1.65. The quantitative estimate of drug-likeness (QED) is 0.811. The van der Waals surface area contributed by atoms with E-state index < -0.39 is 5.97 Å². The summed E-state index contributed by atoms with van der Waals surface area (Å²) in [5, 5.41) is 8.71. The molecule has 1 aliphatic rings. The zero-order valence-electron chi connectivity index (χ0n) is 9.51. The van der Waals surface area contributed by atoms with E-state index in [4.69, 9.17) is 14.3 Å². The maximum Gasteiger partial charge on any atom is 0.371 e. The van der Waals surface area contributed by atoms with Crippen LogP contribution in [-0.4, -0.2) is 29.6 Å². The molecule has 92 valence electrons. The van der Waals surface area contributed by atoms with E-state index in [0.29, 0.717) is 13.0 Å². The van der Waals surface area contributed by atoms with E-state index in [2.05, 4.69) is 0 Å². The second kappa shape index (κ2) is 4.71. The highest BCUT2D eigenvalue weighted by atomic mass is 16.5. The summed E-state index contributed by atoms with van der Waals surface area (Å²) >= 11 is 0.